The average molecular weight is 252 g/mol. The van der Waals surface area contributed by atoms with Gasteiger partial charge in [-0.05, 0) is 24.6 Å². The number of pyridine rings is 2. The summed E-state index contributed by atoms with van der Waals surface area (Å²) in [6, 6.07) is 10.9. The number of H-pyrrole nitrogens is 1. The summed E-state index contributed by atoms with van der Waals surface area (Å²) in [5, 5.41) is 10.8. The van der Waals surface area contributed by atoms with E-state index in [1.165, 1.54) is 0 Å². The van der Waals surface area contributed by atoms with E-state index in [2.05, 4.69) is 9.97 Å². The van der Waals surface area contributed by atoms with Crippen LogP contribution in [0.25, 0.3) is 22.2 Å². The third kappa shape index (κ3) is 1.87. The molecule has 2 aromatic heterocycles. The maximum Gasteiger partial charge on any atom is 0.261 e. The standard InChI is InChI=1S/C15H12N2O2/c1-9-4-6-10(7-5-9)12-13(18)11-3-2-8-16-14(11)17-15(12)19/h2-8H,1H3,(H2,16,17,18,19). The summed E-state index contributed by atoms with van der Waals surface area (Å²) in [6.07, 6.45) is 1.57. The lowest BCUT2D eigenvalue weighted by Crippen LogP contribution is -2.10. The maximum atomic E-state index is 12.1. The Hall–Kier alpha value is -2.62. The molecule has 0 saturated carbocycles. The van der Waals surface area contributed by atoms with Crippen LogP contribution in [0.5, 0.6) is 5.75 Å². The van der Waals surface area contributed by atoms with Crippen LogP contribution in [0.2, 0.25) is 0 Å². The van der Waals surface area contributed by atoms with Gasteiger partial charge in [0.1, 0.15) is 11.4 Å². The highest BCUT2D eigenvalue weighted by atomic mass is 16.3. The zero-order valence-electron chi connectivity index (χ0n) is 10.3. The maximum absolute atomic E-state index is 12.1. The van der Waals surface area contributed by atoms with E-state index in [-0.39, 0.29) is 16.9 Å². The Balaban J connectivity index is 2.35. The molecule has 19 heavy (non-hydrogen) atoms. The first kappa shape index (κ1) is 11.5. The Morgan fingerprint density at radius 3 is 2.63 bits per heavy atom. The number of aryl methyl sites for hydroxylation is 1. The molecule has 2 N–H and O–H groups in total. The smallest absolute Gasteiger partial charge is 0.261 e. The van der Waals surface area contributed by atoms with Gasteiger partial charge in [0, 0.05) is 6.20 Å². The first-order chi connectivity index (χ1) is 9.16. The summed E-state index contributed by atoms with van der Waals surface area (Å²) in [5.41, 5.74) is 2.12. The van der Waals surface area contributed by atoms with Crippen LogP contribution in [0, 0.1) is 6.92 Å². The molecule has 0 radical (unpaired) electrons. The van der Waals surface area contributed by atoms with Crippen LogP contribution in [-0.2, 0) is 0 Å². The number of aromatic amines is 1. The topological polar surface area (TPSA) is 66.0 Å². The van der Waals surface area contributed by atoms with Gasteiger partial charge in [-0.3, -0.25) is 4.79 Å². The predicted octanol–water partition coefficient (Wildman–Crippen LogP) is 2.60. The van der Waals surface area contributed by atoms with Crippen molar-refractivity contribution in [2.24, 2.45) is 0 Å². The van der Waals surface area contributed by atoms with E-state index in [0.29, 0.717) is 16.6 Å². The molecule has 1 aromatic carbocycles. The highest BCUT2D eigenvalue weighted by Crippen LogP contribution is 2.30. The van der Waals surface area contributed by atoms with Gasteiger partial charge in [-0.1, -0.05) is 29.8 Å². The molecular formula is C15H12N2O2. The molecule has 0 spiro atoms. The molecule has 4 heteroatoms. The van der Waals surface area contributed by atoms with Gasteiger partial charge in [-0.15, -0.1) is 0 Å². The van der Waals surface area contributed by atoms with Crippen molar-refractivity contribution in [1.29, 1.82) is 0 Å². The SMILES string of the molecule is Cc1ccc(-c2c(O)c3cccnc3[nH]c2=O)cc1. The normalized spacial score (nSPS) is 10.8. The van der Waals surface area contributed by atoms with Crippen LogP contribution in [0.3, 0.4) is 0 Å². The second kappa shape index (κ2) is 4.24. The molecule has 4 nitrogen and oxygen atoms in total. The summed E-state index contributed by atoms with van der Waals surface area (Å²) in [7, 11) is 0. The van der Waals surface area contributed by atoms with Gasteiger partial charge in [0.25, 0.3) is 5.56 Å². The van der Waals surface area contributed by atoms with Crippen molar-refractivity contribution >= 4 is 11.0 Å². The predicted molar refractivity (Wildman–Crippen MR) is 74.2 cm³/mol. The van der Waals surface area contributed by atoms with Gasteiger partial charge in [0.05, 0.1) is 10.9 Å². The first-order valence-electron chi connectivity index (χ1n) is 5.94. The Morgan fingerprint density at radius 1 is 1.16 bits per heavy atom. The number of aromatic nitrogens is 2. The molecule has 0 aliphatic heterocycles. The molecule has 3 rings (SSSR count). The largest absolute Gasteiger partial charge is 0.506 e. The van der Waals surface area contributed by atoms with Crippen LogP contribution in [-0.4, -0.2) is 15.1 Å². The van der Waals surface area contributed by atoms with E-state index in [9.17, 15) is 9.90 Å². The molecule has 0 amide bonds. The van der Waals surface area contributed by atoms with Gasteiger partial charge in [-0.2, -0.15) is 0 Å². The number of hydrogen-bond acceptors (Lipinski definition) is 3. The van der Waals surface area contributed by atoms with Gasteiger partial charge in [0.2, 0.25) is 0 Å². The lowest BCUT2D eigenvalue weighted by atomic mass is 10.0. The molecule has 0 aliphatic rings. The van der Waals surface area contributed by atoms with E-state index in [1.807, 2.05) is 31.2 Å². The van der Waals surface area contributed by atoms with Crippen molar-refractivity contribution in [1.82, 2.24) is 9.97 Å². The van der Waals surface area contributed by atoms with Crippen LogP contribution in [0.4, 0.5) is 0 Å². The summed E-state index contributed by atoms with van der Waals surface area (Å²) in [4.78, 5) is 18.8. The Morgan fingerprint density at radius 2 is 1.89 bits per heavy atom. The average Bonchev–Trinajstić information content (AvgIpc) is 2.41. The molecular weight excluding hydrogens is 240 g/mol. The minimum Gasteiger partial charge on any atom is -0.506 e. The van der Waals surface area contributed by atoms with Gasteiger partial charge in [-0.25, -0.2) is 4.98 Å². The molecule has 2 heterocycles. The lowest BCUT2D eigenvalue weighted by molar-refractivity contribution is 0.482. The highest BCUT2D eigenvalue weighted by Gasteiger charge is 2.13. The summed E-state index contributed by atoms with van der Waals surface area (Å²) in [5.74, 6) is -0.0318. The van der Waals surface area contributed by atoms with E-state index >= 15 is 0 Å². The molecule has 0 saturated heterocycles. The zero-order chi connectivity index (χ0) is 13.4. The number of rotatable bonds is 1. The van der Waals surface area contributed by atoms with E-state index in [0.717, 1.165) is 5.56 Å². The number of nitrogens with one attached hydrogen (secondary N) is 1. The van der Waals surface area contributed by atoms with Gasteiger partial charge in [0.15, 0.2) is 0 Å². The summed E-state index contributed by atoms with van der Waals surface area (Å²) in [6.45, 7) is 1.97. The summed E-state index contributed by atoms with van der Waals surface area (Å²) < 4.78 is 0. The fraction of sp³-hybridized carbons (Fsp3) is 0.0667. The summed E-state index contributed by atoms with van der Waals surface area (Å²) >= 11 is 0. The Kier molecular flexibility index (Phi) is 2.56. The van der Waals surface area contributed by atoms with Crippen molar-refractivity contribution in [2.45, 2.75) is 6.92 Å². The van der Waals surface area contributed by atoms with Crippen molar-refractivity contribution < 1.29 is 5.11 Å². The molecule has 0 bridgehead atoms. The number of fused-ring (bicyclic) bond motifs is 1. The monoisotopic (exact) mass is 252 g/mol. The number of benzene rings is 1. The minimum absolute atomic E-state index is 0.0318. The van der Waals surface area contributed by atoms with Crippen molar-refractivity contribution in [2.75, 3.05) is 0 Å². The van der Waals surface area contributed by atoms with Crippen LogP contribution < -0.4 is 5.56 Å². The first-order valence-corrected chi connectivity index (χ1v) is 5.94. The molecule has 0 fully saturated rings. The molecule has 0 unspecified atom stereocenters. The Bertz CT molecular complexity index is 804. The second-order valence-electron chi connectivity index (χ2n) is 4.44. The van der Waals surface area contributed by atoms with E-state index in [4.69, 9.17) is 0 Å². The quantitative estimate of drug-likeness (QED) is 0.699. The lowest BCUT2D eigenvalue weighted by Gasteiger charge is -2.07. The number of nitrogens with zero attached hydrogens (tertiary/aromatic N) is 1. The fourth-order valence-electron chi connectivity index (χ4n) is 2.10. The van der Waals surface area contributed by atoms with Crippen molar-refractivity contribution in [3.63, 3.8) is 0 Å². The van der Waals surface area contributed by atoms with Gasteiger partial charge >= 0.3 is 0 Å². The third-order valence-corrected chi connectivity index (χ3v) is 3.10. The zero-order valence-corrected chi connectivity index (χ0v) is 10.3. The molecule has 0 atom stereocenters. The Labute approximate surface area is 109 Å². The van der Waals surface area contributed by atoms with Crippen LogP contribution in [0.1, 0.15) is 5.56 Å². The van der Waals surface area contributed by atoms with Crippen LogP contribution >= 0.6 is 0 Å². The molecule has 3 aromatic rings. The second-order valence-corrected chi connectivity index (χ2v) is 4.44. The fourth-order valence-corrected chi connectivity index (χ4v) is 2.10. The van der Waals surface area contributed by atoms with Crippen molar-refractivity contribution in [3.8, 4) is 16.9 Å². The van der Waals surface area contributed by atoms with E-state index < -0.39 is 0 Å². The van der Waals surface area contributed by atoms with Crippen LogP contribution in [0.15, 0.2) is 47.4 Å². The minimum atomic E-state index is -0.340. The third-order valence-electron chi connectivity index (χ3n) is 3.10. The van der Waals surface area contributed by atoms with Gasteiger partial charge < -0.3 is 10.1 Å². The highest BCUT2D eigenvalue weighted by molar-refractivity contribution is 5.89. The molecule has 0 aliphatic carbocycles. The molecule has 94 valence electrons. The van der Waals surface area contributed by atoms with Crippen molar-refractivity contribution in [3.05, 3.63) is 58.5 Å². The van der Waals surface area contributed by atoms with E-state index in [1.54, 1.807) is 18.3 Å². The number of hydrogen-bond donors (Lipinski definition) is 2. The number of aromatic hydroxyl groups is 1.